The highest BCUT2D eigenvalue weighted by atomic mass is 32.1. The van der Waals surface area contributed by atoms with E-state index in [1.54, 1.807) is 4.90 Å². The largest absolute Gasteiger partial charge is 0.391 e. The molecule has 4 N–H and O–H groups in total. The lowest BCUT2D eigenvalue weighted by molar-refractivity contribution is -0.131. The van der Waals surface area contributed by atoms with E-state index in [1.165, 1.54) is 11.3 Å². The van der Waals surface area contributed by atoms with Gasteiger partial charge >= 0.3 is 6.03 Å². The first-order valence-electron chi connectivity index (χ1n) is 7.06. The second-order valence-corrected chi connectivity index (χ2v) is 6.29. The van der Waals surface area contributed by atoms with E-state index in [1.807, 2.05) is 24.4 Å². The minimum atomic E-state index is -0.644. The van der Waals surface area contributed by atoms with Gasteiger partial charge in [0.15, 0.2) is 0 Å². The molecule has 1 aromatic rings. The third-order valence-electron chi connectivity index (χ3n) is 3.87. The van der Waals surface area contributed by atoms with Gasteiger partial charge in [-0.3, -0.25) is 4.79 Å². The zero-order valence-electron chi connectivity index (χ0n) is 12.0. The van der Waals surface area contributed by atoms with Gasteiger partial charge in [-0.2, -0.15) is 0 Å². The minimum Gasteiger partial charge on any atom is -0.391 e. The van der Waals surface area contributed by atoms with E-state index >= 15 is 0 Å². The van der Waals surface area contributed by atoms with Crippen LogP contribution in [-0.2, 0) is 4.79 Å². The number of amides is 3. The Hall–Kier alpha value is -1.60. The number of hydrogen-bond acceptors (Lipinski definition) is 4. The van der Waals surface area contributed by atoms with Crippen molar-refractivity contribution in [2.24, 2.45) is 11.7 Å². The number of nitrogens with one attached hydrogen (secondary N) is 1. The Kier molecular flexibility index (Phi) is 5.19. The van der Waals surface area contributed by atoms with E-state index in [2.05, 4.69) is 5.32 Å². The number of aliphatic hydroxyl groups is 1. The van der Waals surface area contributed by atoms with Crippen LogP contribution in [0, 0.1) is 5.92 Å². The van der Waals surface area contributed by atoms with E-state index in [9.17, 15) is 14.7 Å². The summed E-state index contributed by atoms with van der Waals surface area (Å²) in [5.74, 6) is 0.0652. The molecule has 1 saturated heterocycles. The zero-order valence-corrected chi connectivity index (χ0v) is 12.8. The van der Waals surface area contributed by atoms with Crippen molar-refractivity contribution in [1.82, 2.24) is 10.2 Å². The number of nitrogens with two attached hydrogens (primary N) is 1. The van der Waals surface area contributed by atoms with Crippen molar-refractivity contribution < 1.29 is 14.7 Å². The molecule has 0 bridgehead atoms. The summed E-state index contributed by atoms with van der Waals surface area (Å²) >= 11 is 1.47. The van der Waals surface area contributed by atoms with E-state index in [4.69, 9.17) is 5.73 Å². The van der Waals surface area contributed by atoms with Crippen LogP contribution in [0.2, 0.25) is 0 Å². The molecule has 0 saturated carbocycles. The minimum absolute atomic E-state index is 0.0721. The molecule has 1 fully saturated rings. The van der Waals surface area contributed by atoms with E-state index in [0.29, 0.717) is 13.1 Å². The highest BCUT2D eigenvalue weighted by Gasteiger charge is 2.33. The van der Waals surface area contributed by atoms with Gasteiger partial charge in [0.2, 0.25) is 5.91 Å². The summed E-state index contributed by atoms with van der Waals surface area (Å²) in [4.78, 5) is 26.0. The molecule has 1 aliphatic rings. The summed E-state index contributed by atoms with van der Waals surface area (Å²) in [5.41, 5.74) is 5.18. The van der Waals surface area contributed by atoms with Crippen LogP contribution in [-0.4, -0.2) is 41.1 Å². The first kappa shape index (κ1) is 15.8. The molecule has 1 aromatic heterocycles. The molecular weight excluding hydrogens is 290 g/mol. The van der Waals surface area contributed by atoms with E-state index < -0.39 is 18.2 Å². The summed E-state index contributed by atoms with van der Waals surface area (Å²) in [6.45, 7) is 2.94. The molecule has 3 unspecified atom stereocenters. The summed E-state index contributed by atoms with van der Waals surface area (Å²) in [7, 11) is 0. The summed E-state index contributed by atoms with van der Waals surface area (Å²) in [6.07, 6.45) is 0.550. The monoisotopic (exact) mass is 311 g/mol. The second kappa shape index (κ2) is 6.91. The molecule has 0 aliphatic carbocycles. The van der Waals surface area contributed by atoms with Crippen molar-refractivity contribution in [3.63, 3.8) is 0 Å². The number of rotatable bonds is 5. The maximum absolute atomic E-state index is 12.4. The van der Waals surface area contributed by atoms with Gasteiger partial charge in [-0.25, -0.2) is 4.79 Å². The van der Waals surface area contributed by atoms with Crippen LogP contribution in [0.25, 0.3) is 0 Å². The number of primary amides is 1. The number of β-amino-alcohol motifs (C(OH)–C–C–N with tert-alkyl or cyclic N) is 1. The van der Waals surface area contributed by atoms with Crippen molar-refractivity contribution in [2.75, 3.05) is 13.1 Å². The Morgan fingerprint density at radius 3 is 2.86 bits per heavy atom. The summed E-state index contributed by atoms with van der Waals surface area (Å²) in [5, 5.41) is 14.4. The van der Waals surface area contributed by atoms with Gasteiger partial charge in [0.1, 0.15) is 0 Å². The van der Waals surface area contributed by atoms with Gasteiger partial charge in [0.25, 0.3) is 0 Å². The fourth-order valence-corrected chi connectivity index (χ4v) is 3.42. The number of carbonyl (C=O) groups is 2. The van der Waals surface area contributed by atoms with Crippen molar-refractivity contribution >= 4 is 23.3 Å². The van der Waals surface area contributed by atoms with Crippen LogP contribution in [0.3, 0.4) is 0 Å². The lowest BCUT2D eigenvalue weighted by atomic mass is 10.0. The van der Waals surface area contributed by atoms with Gasteiger partial charge in [0.05, 0.1) is 18.6 Å². The molecule has 3 amide bonds. The SMILES string of the molecule is CCC1CN(C(=O)CC(NC(N)=O)c2cccs2)CC1O. The van der Waals surface area contributed by atoms with Crippen molar-refractivity contribution in [3.8, 4) is 0 Å². The van der Waals surface area contributed by atoms with Crippen LogP contribution in [0.15, 0.2) is 17.5 Å². The summed E-state index contributed by atoms with van der Waals surface area (Å²) < 4.78 is 0. The first-order chi connectivity index (χ1) is 10.0. The smallest absolute Gasteiger partial charge is 0.312 e. The maximum Gasteiger partial charge on any atom is 0.312 e. The molecule has 3 atom stereocenters. The maximum atomic E-state index is 12.4. The van der Waals surface area contributed by atoms with Crippen molar-refractivity contribution in [3.05, 3.63) is 22.4 Å². The van der Waals surface area contributed by atoms with Crippen LogP contribution in [0.4, 0.5) is 4.79 Å². The van der Waals surface area contributed by atoms with Crippen molar-refractivity contribution in [2.45, 2.75) is 31.9 Å². The fraction of sp³-hybridized carbons (Fsp3) is 0.571. The van der Waals surface area contributed by atoms with Crippen LogP contribution < -0.4 is 11.1 Å². The van der Waals surface area contributed by atoms with Crippen molar-refractivity contribution in [1.29, 1.82) is 0 Å². The predicted molar refractivity (Wildman–Crippen MR) is 80.8 cm³/mol. The van der Waals surface area contributed by atoms with Gasteiger partial charge in [-0.05, 0) is 17.9 Å². The molecule has 2 rings (SSSR count). The van der Waals surface area contributed by atoms with E-state index in [0.717, 1.165) is 11.3 Å². The molecule has 0 radical (unpaired) electrons. The zero-order chi connectivity index (χ0) is 15.4. The third-order valence-corrected chi connectivity index (χ3v) is 4.85. The molecule has 116 valence electrons. The number of nitrogens with zero attached hydrogens (tertiary/aromatic N) is 1. The predicted octanol–water partition coefficient (Wildman–Crippen LogP) is 1.08. The Bertz CT molecular complexity index is 492. The number of likely N-dealkylation sites (tertiary alicyclic amines) is 1. The number of thiophene rings is 1. The average Bonchev–Trinajstić information content (AvgIpc) is 3.06. The fourth-order valence-electron chi connectivity index (χ4n) is 2.65. The number of urea groups is 1. The second-order valence-electron chi connectivity index (χ2n) is 5.32. The Balaban J connectivity index is 2.00. The Morgan fingerprint density at radius 1 is 1.57 bits per heavy atom. The van der Waals surface area contributed by atoms with Gasteiger partial charge < -0.3 is 21.1 Å². The first-order valence-corrected chi connectivity index (χ1v) is 7.94. The molecule has 1 aliphatic heterocycles. The molecule has 6 nitrogen and oxygen atoms in total. The topological polar surface area (TPSA) is 95.7 Å². The molecule has 21 heavy (non-hydrogen) atoms. The van der Waals surface area contributed by atoms with Crippen LogP contribution in [0.5, 0.6) is 0 Å². The quantitative estimate of drug-likeness (QED) is 0.759. The highest BCUT2D eigenvalue weighted by molar-refractivity contribution is 7.10. The summed E-state index contributed by atoms with van der Waals surface area (Å²) in [6, 6.07) is 2.68. The lowest BCUT2D eigenvalue weighted by Gasteiger charge is -2.21. The number of hydrogen-bond donors (Lipinski definition) is 3. The van der Waals surface area contributed by atoms with Gasteiger partial charge in [0, 0.05) is 23.9 Å². The van der Waals surface area contributed by atoms with Crippen LogP contribution >= 0.6 is 11.3 Å². The Morgan fingerprint density at radius 2 is 2.33 bits per heavy atom. The van der Waals surface area contributed by atoms with Crippen LogP contribution in [0.1, 0.15) is 30.7 Å². The normalized spacial score (nSPS) is 23.0. The molecule has 2 heterocycles. The Labute approximate surface area is 127 Å². The number of carbonyl (C=O) groups excluding carboxylic acids is 2. The molecule has 7 heteroatoms. The highest BCUT2D eigenvalue weighted by Crippen LogP contribution is 2.25. The average molecular weight is 311 g/mol. The van der Waals surface area contributed by atoms with Gasteiger partial charge in [-0.15, -0.1) is 11.3 Å². The molecular formula is C14H21N3O3S. The van der Waals surface area contributed by atoms with E-state index in [-0.39, 0.29) is 18.2 Å². The molecule has 0 spiro atoms. The third kappa shape index (κ3) is 3.95. The standard InChI is InChI=1S/C14H21N3O3S/c1-2-9-7-17(8-11(9)18)13(19)6-10(16-14(15)20)12-4-3-5-21-12/h3-5,9-11,18H,2,6-8H2,1H3,(H3,15,16,20). The molecule has 0 aromatic carbocycles. The lowest BCUT2D eigenvalue weighted by Crippen LogP contribution is -2.37. The number of aliphatic hydroxyl groups excluding tert-OH is 1. The van der Waals surface area contributed by atoms with Gasteiger partial charge in [-0.1, -0.05) is 13.0 Å².